The predicted octanol–water partition coefficient (Wildman–Crippen LogP) is 0.238. The zero-order valence-electron chi connectivity index (χ0n) is 6.33. The lowest BCUT2D eigenvalue weighted by molar-refractivity contribution is 0.344. The molecule has 3 heteroatoms. The lowest BCUT2D eigenvalue weighted by atomic mass is 9.97. The van der Waals surface area contributed by atoms with E-state index in [0.717, 1.165) is 31.1 Å². The Bertz CT molecular complexity index is 218. The molecule has 0 spiro atoms. The van der Waals surface area contributed by atoms with Gasteiger partial charge in [0.1, 0.15) is 6.33 Å². The van der Waals surface area contributed by atoms with Crippen LogP contribution in [0.1, 0.15) is 5.69 Å². The van der Waals surface area contributed by atoms with Gasteiger partial charge in [-0.2, -0.15) is 0 Å². The summed E-state index contributed by atoms with van der Waals surface area (Å²) in [7, 11) is 0. The largest absolute Gasteiger partial charge is 0.316 e. The average Bonchev–Trinajstić information content (AvgIpc) is 1.99. The second kappa shape index (κ2) is 2.96. The van der Waals surface area contributed by atoms with E-state index in [4.69, 9.17) is 0 Å². The minimum Gasteiger partial charge on any atom is -0.316 e. The first-order chi connectivity index (χ1) is 5.45. The number of hydrogen-bond acceptors (Lipinski definition) is 3. The summed E-state index contributed by atoms with van der Waals surface area (Å²) in [6, 6.07) is 1.98. The van der Waals surface area contributed by atoms with Crippen molar-refractivity contribution in [3.8, 4) is 0 Å². The fourth-order valence-electron chi connectivity index (χ4n) is 1.23. The molecule has 0 aromatic carbocycles. The highest BCUT2D eigenvalue weighted by Crippen LogP contribution is 2.08. The zero-order chi connectivity index (χ0) is 7.52. The molecule has 0 bridgehead atoms. The van der Waals surface area contributed by atoms with Crippen molar-refractivity contribution in [2.24, 2.45) is 5.92 Å². The average molecular weight is 149 g/mol. The number of nitrogens with zero attached hydrogens (tertiary/aromatic N) is 2. The standard InChI is InChI=1S/C8H11N3/c1-2-9-6-11-8(1)3-7-4-10-5-7/h1-2,6-7,10H,3-5H2. The molecule has 0 saturated carbocycles. The molecule has 2 rings (SSSR count). The van der Waals surface area contributed by atoms with Crippen LogP contribution in [0.25, 0.3) is 0 Å². The van der Waals surface area contributed by atoms with Crippen LogP contribution >= 0.6 is 0 Å². The minimum absolute atomic E-state index is 0.796. The fourth-order valence-corrected chi connectivity index (χ4v) is 1.23. The Morgan fingerprint density at radius 1 is 1.55 bits per heavy atom. The van der Waals surface area contributed by atoms with Crippen LogP contribution in [0.3, 0.4) is 0 Å². The van der Waals surface area contributed by atoms with Gasteiger partial charge in [-0.15, -0.1) is 0 Å². The van der Waals surface area contributed by atoms with E-state index < -0.39 is 0 Å². The van der Waals surface area contributed by atoms with Crippen molar-refractivity contribution in [2.75, 3.05) is 13.1 Å². The lowest BCUT2D eigenvalue weighted by Gasteiger charge is -2.26. The summed E-state index contributed by atoms with van der Waals surface area (Å²) in [5.74, 6) is 0.796. The van der Waals surface area contributed by atoms with Crippen LogP contribution in [-0.4, -0.2) is 23.1 Å². The molecule has 0 unspecified atom stereocenters. The molecule has 1 aliphatic heterocycles. The van der Waals surface area contributed by atoms with Gasteiger partial charge in [0, 0.05) is 11.9 Å². The van der Waals surface area contributed by atoms with Gasteiger partial charge in [-0.3, -0.25) is 0 Å². The van der Waals surface area contributed by atoms with E-state index in [-0.39, 0.29) is 0 Å². The maximum absolute atomic E-state index is 4.16. The smallest absolute Gasteiger partial charge is 0.115 e. The molecule has 1 aliphatic rings. The van der Waals surface area contributed by atoms with Crippen LogP contribution in [-0.2, 0) is 6.42 Å². The molecule has 0 radical (unpaired) electrons. The Morgan fingerprint density at radius 2 is 2.45 bits per heavy atom. The highest BCUT2D eigenvalue weighted by atomic mass is 14.9. The van der Waals surface area contributed by atoms with Crippen molar-refractivity contribution in [3.05, 3.63) is 24.3 Å². The van der Waals surface area contributed by atoms with E-state index >= 15 is 0 Å². The van der Waals surface area contributed by atoms with Crippen molar-refractivity contribution >= 4 is 0 Å². The number of hydrogen-bond donors (Lipinski definition) is 1. The summed E-state index contributed by atoms with van der Waals surface area (Å²) < 4.78 is 0. The van der Waals surface area contributed by atoms with Gasteiger partial charge < -0.3 is 5.32 Å². The van der Waals surface area contributed by atoms with Crippen molar-refractivity contribution in [1.29, 1.82) is 0 Å². The molecule has 0 atom stereocenters. The molecule has 1 N–H and O–H groups in total. The van der Waals surface area contributed by atoms with Gasteiger partial charge in [-0.05, 0) is 31.5 Å². The summed E-state index contributed by atoms with van der Waals surface area (Å²) in [5.41, 5.74) is 1.16. The van der Waals surface area contributed by atoms with Crippen LogP contribution in [0.4, 0.5) is 0 Å². The molecule has 0 aliphatic carbocycles. The van der Waals surface area contributed by atoms with Crippen LogP contribution in [0, 0.1) is 5.92 Å². The van der Waals surface area contributed by atoms with Gasteiger partial charge >= 0.3 is 0 Å². The Kier molecular flexibility index (Phi) is 1.81. The first-order valence-electron chi connectivity index (χ1n) is 3.91. The van der Waals surface area contributed by atoms with Gasteiger partial charge in [-0.25, -0.2) is 9.97 Å². The Labute approximate surface area is 65.9 Å². The highest BCUT2D eigenvalue weighted by Gasteiger charge is 2.16. The van der Waals surface area contributed by atoms with Gasteiger partial charge in [0.25, 0.3) is 0 Å². The fraction of sp³-hybridized carbons (Fsp3) is 0.500. The number of aromatic nitrogens is 2. The molecule has 3 nitrogen and oxygen atoms in total. The molecular formula is C8H11N3. The molecule has 1 aromatic heterocycles. The van der Waals surface area contributed by atoms with Crippen molar-refractivity contribution in [1.82, 2.24) is 15.3 Å². The third-order valence-corrected chi connectivity index (χ3v) is 2.01. The monoisotopic (exact) mass is 149 g/mol. The van der Waals surface area contributed by atoms with Gasteiger partial charge in [0.05, 0.1) is 0 Å². The molecule has 58 valence electrons. The summed E-state index contributed by atoms with van der Waals surface area (Å²) in [4.78, 5) is 8.03. The zero-order valence-corrected chi connectivity index (χ0v) is 6.33. The normalized spacial score (nSPS) is 17.8. The maximum Gasteiger partial charge on any atom is 0.115 e. The van der Waals surface area contributed by atoms with E-state index in [1.165, 1.54) is 0 Å². The lowest BCUT2D eigenvalue weighted by Crippen LogP contribution is -2.43. The summed E-state index contributed by atoms with van der Waals surface area (Å²) in [6.07, 6.45) is 4.51. The van der Waals surface area contributed by atoms with Crippen molar-refractivity contribution < 1.29 is 0 Å². The van der Waals surface area contributed by atoms with Gasteiger partial charge in [0.15, 0.2) is 0 Å². The van der Waals surface area contributed by atoms with E-state index in [9.17, 15) is 0 Å². The third kappa shape index (κ3) is 1.54. The van der Waals surface area contributed by atoms with Crippen molar-refractivity contribution in [3.63, 3.8) is 0 Å². The number of nitrogens with one attached hydrogen (secondary N) is 1. The second-order valence-corrected chi connectivity index (χ2v) is 2.93. The summed E-state index contributed by atoms with van der Waals surface area (Å²) in [5, 5.41) is 3.24. The SMILES string of the molecule is c1cc(CC2CNC2)ncn1. The molecule has 1 fully saturated rings. The molecule has 0 amide bonds. The van der Waals surface area contributed by atoms with Crippen LogP contribution in [0.2, 0.25) is 0 Å². The molecule has 1 saturated heterocycles. The maximum atomic E-state index is 4.16. The highest BCUT2D eigenvalue weighted by molar-refractivity contribution is 5.00. The van der Waals surface area contributed by atoms with Crippen molar-refractivity contribution in [2.45, 2.75) is 6.42 Å². The summed E-state index contributed by atoms with van der Waals surface area (Å²) >= 11 is 0. The van der Waals surface area contributed by atoms with E-state index in [0.29, 0.717) is 0 Å². The second-order valence-electron chi connectivity index (χ2n) is 2.93. The van der Waals surface area contributed by atoms with E-state index in [1.54, 1.807) is 12.5 Å². The predicted molar refractivity (Wildman–Crippen MR) is 42.1 cm³/mol. The quantitative estimate of drug-likeness (QED) is 0.654. The Hall–Kier alpha value is -0.960. The minimum atomic E-state index is 0.796. The first kappa shape index (κ1) is 6.73. The first-order valence-corrected chi connectivity index (χ1v) is 3.91. The van der Waals surface area contributed by atoms with E-state index in [1.807, 2.05) is 6.07 Å². The number of rotatable bonds is 2. The summed E-state index contributed by atoms with van der Waals surface area (Å²) in [6.45, 7) is 2.29. The van der Waals surface area contributed by atoms with Crippen LogP contribution in [0.5, 0.6) is 0 Å². The third-order valence-electron chi connectivity index (χ3n) is 2.01. The van der Waals surface area contributed by atoms with Gasteiger partial charge in [-0.1, -0.05) is 0 Å². The Morgan fingerprint density at radius 3 is 3.00 bits per heavy atom. The molecular weight excluding hydrogens is 138 g/mol. The molecule has 1 aromatic rings. The van der Waals surface area contributed by atoms with Crippen LogP contribution in [0.15, 0.2) is 18.6 Å². The molecule has 11 heavy (non-hydrogen) atoms. The van der Waals surface area contributed by atoms with Crippen LogP contribution < -0.4 is 5.32 Å². The van der Waals surface area contributed by atoms with Gasteiger partial charge in [0.2, 0.25) is 0 Å². The van der Waals surface area contributed by atoms with E-state index in [2.05, 4.69) is 15.3 Å². The Balaban J connectivity index is 1.95. The topological polar surface area (TPSA) is 37.8 Å². The molecule has 2 heterocycles.